The summed E-state index contributed by atoms with van der Waals surface area (Å²) in [7, 11) is 0. The number of nitrogens with zero attached hydrogens (tertiary/aromatic N) is 3. The molecule has 1 aliphatic rings. The van der Waals surface area contributed by atoms with Crippen LogP contribution in [0.2, 0.25) is 0 Å². The fraction of sp³-hybridized carbons (Fsp3) is 0.368. The number of amides is 1. The number of ketones is 1. The Morgan fingerprint density at radius 2 is 1.70 bits per heavy atom. The largest absolute Gasteiger partial charge is 0.368 e. The van der Waals surface area contributed by atoms with E-state index in [-0.39, 0.29) is 30.2 Å². The van der Waals surface area contributed by atoms with Gasteiger partial charge in [-0.1, -0.05) is 0 Å². The van der Waals surface area contributed by atoms with Crippen molar-refractivity contribution in [1.29, 1.82) is 0 Å². The summed E-state index contributed by atoms with van der Waals surface area (Å²) >= 11 is 1.46. The number of nitro groups is 1. The summed E-state index contributed by atoms with van der Waals surface area (Å²) in [6, 6.07) is 10.2. The third-order valence-corrected chi connectivity index (χ3v) is 5.68. The van der Waals surface area contributed by atoms with Crippen LogP contribution in [0.15, 0.2) is 36.4 Å². The Hall–Kier alpha value is -2.74. The highest BCUT2D eigenvalue weighted by molar-refractivity contribution is 7.14. The number of piperazine rings is 1. The molecule has 0 saturated carbocycles. The Kier molecular flexibility index (Phi) is 5.85. The first-order valence-corrected chi connectivity index (χ1v) is 9.62. The standard InChI is InChI=1S/C19H21N3O4S/c1-14-2-8-18(27-14)17(23)7-9-19(24)21-12-10-20(11-13-21)15-3-5-16(6-4-15)22(25)26/h2-6,8H,7,9-13H2,1H3. The van der Waals surface area contributed by atoms with E-state index in [4.69, 9.17) is 0 Å². The van der Waals surface area contributed by atoms with E-state index in [1.165, 1.54) is 23.5 Å². The number of benzene rings is 1. The van der Waals surface area contributed by atoms with Crippen molar-refractivity contribution in [3.8, 4) is 0 Å². The van der Waals surface area contributed by atoms with Gasteiger partial charge >= 0.3 is 0 Å². The van der Waals surface area contributed by atoms with Crippen molar-refractivity contribution in [2.75, 3.05) is 31.1 Å². The van der Waals surface area contributed by atoms with E-state index >= 15 is 0 Å². The Bertz CT molecular complexity index is 839. The van der Waals surface area contributed by atoms with Crippen LogP contribution < -0.4 is 4.90 Å². The molecule has 8 heteroatoms. The molecule has 0 unspecified atom stereocenters. The Labute approximate surface area is 161 Å². The molecule has 1 aliphatic heterocycles. The zero-order valence-electron chi connectivity index (χ0n) is 15.1. The zero-order chi connectivity index (χ0) is 19.4. The molecule has 2 heterocycles. The number of hydrogen-bond donors (Lipinski definition) is 0. The summed E-state index contributed by atoms with van der Waals surface area (Å²) in [5, 5.41) is 10.7. The molecule has 142 valence electrons. The van der Waals surface area contributed by atoms with Crippen molar-refractivity contribution in [3.63, 3.8) is 0 Å². The first-order valence-electron chi connectivity index (χ1n) is 8.81. The number of anilines is 1. The molecule has 1 amide bonds. The molecule has 7 nitrogen and oxygen atoms in total. The van der Waals surface area contributed by atoms with Crippen LogP contribution in [-0.4, -0.2) is 47.7 Å². The van der Waals surface area contributed by atoms with Gasteiger partial charge in [-0.3, -0.25) is 19.7 Å². The van der Waals surface area contributed by atoms with Crippen molar-refractivity contribution in [2.24, 2.45) is 0 Å². The molecule has 2 aromatic rings. The molecule has 1 fully saturated rings. The Morgan fingerprint density at radius 1 is 1.04 bits per heavy atom. The summed E-state index contributed by atoms with van der Waals surface area (Å²) in [6.45, 7) is 4.46. The molecule has 0 bridgehead atoms. The number of carbonyl (C=O) groups is 2. The molecule has 0 aliphatic carbocycles. The van der Waals surface area contributed by atoms with E-state index in [2.05, 4.69) is 4.90 Å². The number of Topliss-reactive ketones (excluding diaryl/α,β-unsaturated/α-hetero) is 1. The first kappa shape index (κ1) is 19.0. The van der Waals surface area contributed by atoms with Gasteiger partial charge in [0.2, 0.25) is 5.91 Å². The molecule has 0 spiro atoms. The van der Waals surface area contributed by atoms with E-state index in [0.717, 1.165) is 10.6 Å². The van der Waals surface area contributed by atoms with Gasteiger partial charge < -0.3 is 9.80 Å². The lowest BCUT2D eigenvalue weighted by molar-refractivity contribution is -0.384. The smallest absolute Gasteiger partial charge is 0.269 e. The van der Waals surface area contributed by atoms with Crippen LogP contribution in [0.3, 0.4) is 0 Å². The summed E-state index contributed by atoms with van der Waals surface area (Å²) in [6.07, 6.45) is 0.467. The predicted molar refractivity (Wildman–Crippen MR) is 105 cm³/mol. The van der Waals surface area contributed by atoms with E-state index in [1.54, 1.807) is 17.0 Å². The molecular formula is C19H21N3O4S. The number of non-ortho nitro benzene ring substituents is 1. The SMILES string of the molecule is Cc1ccc(C(=O)CCC(=O)N2CCN(c3ccc([N+](=O)[O-])cc3)CC2)s1. The van der Waals surface area contributed by atoms with Gasteiger partial charge in [0.25, 0.3) is 5.69 Å². The van der Waals surface area contributed by atoms with Gasteiger partial charge in [0.05, 0.1) is 9.80 Å². The molecule has 0 N–H and O–H groups in total. The Balaban J connectivity index is 1.47. The number of aryl methyl sites for hydroxylation is 1. The third-order valence-electron chi connectivity index (χ3n) is 4.64. The van der Waals surface area contributed by atoms with Crippen molar-refractivity contribution in [1.82, 2.24) is 4.90 Å². The fourth-order valence-corrected chi connectivity index (χ4v) is 3.92. The average Bonchev–Trinajstić information content (AvgIpc) is 3.12. The zero-order valence-corrected chi connectivity index (χ0v) is 15.9. The maximum absolute atomic E-state index is 12.4. The number of thiophene rings is 1. The Morgan fingerprint density at radius 3 is 2.26 bits per heavy atom. The topological polar surface area (TPSA) is 83.8 Å². The fourth-order valence-electron chi connectivity index (χ4n) is 3.09. The van der Waals surface area contributed by atoms with Crippen LogP contribution in [0, 0.1) is 17.0 Å². The van der Waals surface area contributed by atoms with Crippen molar-refractivity contribution in [3.05, 3.63) is 56.3 Å². The number of rotatable bonds is 6. The van der Waals surface area contributed by atoms with Crippen LogP contribution in [0.1, 0.15) is 27.4 Å². The van der Waals surface area contributed by atoms with Crippen LogP contribution in [0.4, 0.5) is 11.4 Å². The highest BCUT2D eigenvalue weighted by Gasteiger charge is 2.22. The van der Waals surface area contributed by atoms with Crippen molar-refractivity contribution in [2.45, 2.75) is 19.8 Å². The molecule has 3 rings (SSSR count). The van der Waals surface area contributed by atoms with E-state index < -0.39 is 4.92 Å². The predicted octanol–water partition coefficient (Wildman–Crippen LogP) is 3.28. The second-order valence-electron chi connectivity index (χ2n) is 6.47. The number of carbonyl (C=O) groups excluding carboxylic acids is 2. The minimum Gasteiger partial charge on any atom is -0.368 e. The lowest BCUT2D eigenvalue weighted by atomic mass is 10.1. The van der Waals surface area contributed by atoms with Gasteiger partial charge in [0.15, 0.2) is 5.78 Å². The minimum atomic E-state index is -0.417. The van der Waals surface area contributed by atoms with Crippen LogP contribution in [-0.2, 0) is 4.79 Å². The normalized spacial score (nSPS) is 14.3. The second-order valence-corrected chi connectivity index (χ2v) is 7.76. The minimum absolute atomic E-state index is 0.0000208. The molecule has 1 aromatic heterocycles. The molecule has 27 heavy (non-hydrogen) atoms. The monoisotopic (exact) mass is 387 g/mol. The summed E-state index contributed by atoms with van der Waals surface area (Å²) in [5.41, 5.74) is 0.981. The molecular weight excluding hydrogens is 366 g/mol. The average molecular weight is 387 g/mol. The molecule has 1 aromatic carbocycles. The van der Waals surface area contributed by atoms with Gasteiger partial charge in [-0.15, -0.1) is 11.3 Å². The van der Waals surface area contributed by atoms with Crippen LogP contribution in [0.25, 0.3) is 0 Å². The first-order chi connectivity index (χ1) is 12.9. The maximum Gasteiger partial charge on any atom is 0.269 e. The van der Waals surface area contributed by atoms with Crippen molar-refractivity contribution < 1.29 is 14.5 Å². The molecule has 0 radical (unpaired) electrons. The van der Waals surface area contributed by atoms with Gasteiger partial charge in [-0.25, -0.2) is 0 Å². The highest BCUT2D eigenvalue weighted by atomic mass is 32.1. The van der Waals surface area contributed by atoms with E-state index in [9.17, 15) is 19.7 Å². The lowest BCUT2D eigenvalue weighted by Gasteiger charge is -2.36. The second kappa shape index (κ2) is 8.30. The van der Waals surface area contributed by atoms with Crippen LogP contribution in [0.5, 0.6) is 0 Å². The summed E-state index contributed by atoms with van der Waals surface area (Å²) < 4.78 is 0. The molecule has 1 saturated heterocycles. The summed E-state index contributed by atoms with van der Waals surface area (Å²) in [5.74, 6) is 0.0194. The summed E-state index contributed by atoms with van der Waals surface area (Å²) in [4.78, 5) is 40.5. The van der Waals surface area contributed by atoms with E-state index in [1.807, 2.05) is 19.1 Å². The van der Waals surface area contributed by atoms with E-state index in [0.29, 0.717) is 31.1 Å². The molecule has 0 atom stereocenters. The highest BCUT2D eigenvalue weighted by Crippen LogP contribution is 2.21. The quantitative estimate of drug-likeness (QED) is 0.431. The van der Waals surface area contributed by atoms with Gasteiger partial charge in [0, 0.05) is 61.7 Å². The lowest BCUT2D eigenvalue weighted by Crippen LogP contribution is -2.48. The number of hydrogen-bond acceptors (Lipinski definition) is 6. The third kappa shape index (κ3) is 4.71. The van der Waals surface area contributed by atoms with Gasteiger partial charge in [-0.05, 0) is 31.2 Å². The van der Waals surface area contributed by atoms with Gasteiger partial charge in [0.1, 0.15) is 0 Å². The van der Waals surface area contributed by atoms with Crippen LogP contribution >= 0.6 is 11.3 Å². The number of nitro benzene ring substituents is 1. The van der Waals surface area contributed by atoms with Gasteiger partial charge in [-0.2, -0.15) is 0 Å². The maximum atomic E-state index is 12.4. The van der Waals surface area contributed by atoms with Crippen molar-refractivity contribution >= 4 is 34.4 Å².